The second-order valence-electron chi connectivity index (χ2n) is 10.7. The van der Waals surface area contributed by atoms with Gasteiger partial charge in [-0.3, -0.25) is 9.59 Å². The molecule has 5 rings (SSSR count). The van der Waals surface area contributed by atoms with Gasteiger partial charge in [0, 0.05) is 25.6 Å². The highest BCUT2D eigenvalue weighted by molar-refractivity contribution is 5.83. The third-order valence-electron chi connectivity index (χ3n) is 8.22. The first-order valence-electron chi connectivity index (χ1n) is 14.0. The van der Waals surface area contributed by atoms with Gasteiger partial charge in [-0.2, -0.15) is 0 Å². The molecule has 1 aliphatic heterocycles. The number of aryl methyl sites for hydroxylation is 1. The Balaban J connectivity index is 1.55. The van der Waals surface area contributed by atoms with Gasteiger partial charge >= 0.3 is 0 Å². The number of hydrogen-bond donors (Lipinski definition) is 1. The summed E-state index contributed by atoms with van der Waals surface area (Å²) in [7, 11) is 4.80. The average molecular weight is 543 g/mol. The lowest BCUT2D eigenvalue weighted by molar-refractivity contribution is -0.119. The van der Waals surface area contributed by atoms with Crippen LogP contribution in [-0.4, -0.2) is 40.3 Å². The molecule has 0 radical (unpaired) electrons. The van der Waals surface area contributed by atoms with Crippen molar-refractivity contribution in [1.82, 2.24) is 5.32 Å². The summed E-state index contributed by atoms with van der Waals surface area (Å²) in [5.74, 6) is 2.11. The third kappa shape index (κ3) is 5.51. The molecule has 1 N–H and O–H groups in total. The van der Waals surface area contributed by atoms with E-state index in [9.17, 15) is 9.59 Å². The van der Waals surface area contributed by atoms with Crippen molar-refractivity contribution in [3.05, 3.63) is 81.5 Å². The highest BCUT2D eigenvalue weighted by atomic mass is 16.5. The van der Waals surface area contributed by atoms with E-state index in [4.69, 9.17) is 14.2 Å². The van der Waals surface area contributed by atoms with Gasteiger partial charge in [-0.1, -0.05) is 36.4 Å². The number of ether oxygens (including phenoxy) is 3. The number of piperidine rings is 1. The summed E-state index contributed by atoms with van der Waals surface area (Å²) >= 11 is 0. The maximum absolute atomic E-state index is 13.8. The molecule has 40 heavy (non-hydrogen) atoms. The van der Waals surface area contributed by atoms with Crippen LogP contribution in [0.5, 0.6) is 17.2 Å². The average Bonchev–Trinajstić information content (AvgIpc) is 3.21. The number of fused-ring (bicyclic) bond motifs is 3. The molecule has 0 spiro atoms. The molecule has 7 nitrogen and oxygen atoms in total. The molecule has 2 aliphatic rings. The van der Waals surface area contributed by atoms with Gasteiger partial charge in [0.2, 0.25) is 17.1 Å². The number of hydrogen-bond acceptors (Lipinski definition) is 6. The molecule has 1 saturated heterocycles. The molecule has 0 saturated carbocycles. The van der Waals surface area contributed by atoms with E-state index >= 15 is 0 Å². The van der Waals surface area contributed by atoms with E-state index in [0.29, 0.717) is 41.7 Å². The Bertz CT molecular complexity index is 1430. The molecule has 0 unspecified atom stereocenters. The van der Waals surface area contributed by atoms with Gasteiger partial charge < -0.3 is 24.4 Å². The molecule has 1 fully saturated rings. The minimum Gasteiger partial charge on any atom is -0.493 e. The van der Waals surface area contributed by atoms with E-state index in [-0.39, 0.29) is 17.4 Å². The van der Waals surface area contributed by atoms with Crippen LogP contribution in [0.2, 0.25) is 0 Å². The number of nitrogens with one attached hydrogen (secondary N) is 1. The van der Waals surface area contributed by atoms with E-state index in [1.807, 2.05) is 18.2 Å². The van der Waals surface area contributed by atoms with Gasteiger partial charge in [-0.15, -0.1) is 0 Å². The van der Waals surface area contributed by atoms with Crippen molar-refractivity contribution in [2.24, 2.45) is 5.92 Å². The predicted molar refractivity (Wildman–Crippen MR) is 158 cm³/mol. The highest BCUT2D eigenvalue weighted by Gasteiger charge is 2.30. The monoisotopic (exact) mass is 542 g/mol. The van der Waals surface area contributed by atoms with Crippen molar-refractivity contribution in [2.75, 3.05) is 39.3 Å². The third-order valence-corrected chi connectivity index (χ3v) is 8.22. The molecule has 1 aliphatic carbocycles. The maximum Gasteiger partial charge on any atom is 0.217 e. The summed E-state index contributed by atoms with van der Waals surface area (Å²) in [6.07, 6.45) is 4.45. The van der Waals surface area contributed by atoms with Crippen LogP contribution >= 0.6 is 0 Å². The fourth-order valence-corrected chi connectivity index (χ4v) is 6.29. The minimum atomic E-state index is -0.314. The SMILES string of the molecule is COc1cc2c(c(OC)c1OC)-c1ccc(N3CCC(Cc4ccccc4)CC3)c(=O)cc1[C@H](NC(C)=O)CC2. The van der Waals surface area contributed by atoms with Crippen molar-refractivity contribution >= 4 is 11.6 Å². The summed E-state index contributed by atoms with van der Waals surface area (Å²) in [5.41, 5.74) is 5.54. The van der Waals surface area contributed by atoms with Crippen LogP contribution < -0.4 is 29.9 Å². The molecule has 3 aromatic carbocycles. The Hall–Kier alpha value is -4.00. The maximum atomic E-state index is 13.8. The van der Waals surface area contributed by atoms with Crippen LogP contribution in [0.15, 0.2) is 59.4 Å². The first kappa shape index (κ1) is 27.6. The zero-order valence-electron chi connectivity index (χ0n) is 23.8. The van der Waals surface area contributed by atoms with Gasteiger partial charge in [0.05, 0.1) is 33.1 Å². The minimum absolute atomic E-state index is 0.0407. The lowest BCUT2D eigenvalue weighted by Crippen LogP contribution is -2.36. The summed E-state index contributed by atoms with van der Waals surface area (Å²) in [6.45, 7) is 3.18. The molecule has 0 aromatic heterocycles. The Kier molecular flexibility index (Phi) is 8.29. The number of anilines is 1. The molecular weight excluding hydrogens is 504 g/mol. The number of amides is 1. The lowest BCUT2D eigenvalue weighted by Gasteiger charge is -2.33. The number of carbonyl (C=O) groups is 1. The summed E-state index contributed by atoms with van der Waals surface area (Å²) in [6, 6.07) is 17.9. The Morgan fingerprint density at radius 3 is 2.30 bits per heavy atom. The normalized spacial score (nSPS) is 16.8. The van der Waals surface area contributed by atoms with Gasteiger partial charge in [-0.25, -0.2) is 0 Å². The standard InChI is InChI=1S/C33H38N2O5/c1-21(36)34-27-12-10-24-19-30(38-2)32(39-3)33(40-4)31(24)25-11-13-28(29(37)20-26(25)27)35-16-14-23(15-17-35)18-22-8-6-5-7-9-22/h5-9,11,13,19-20,23,27H,10,12,14-18H2,1-4H3,(H,34,36)/t27-/m1/s1. The van der Waals surface area contributed by atoms with Gasteiger partial charge in [0.15, 0.2) is 11.5 Å². The molecular formula is C33H38N2O5. The number of methoxy groups -OCH3 is 3. The number of rotatable bonds is 7. The van der Waals surface area contributed by atoms with Crippen LogP contribution in [0.25, 0.3) is 11.1 Å². The van der Waals surface area contributed by atoms with Crippen LogP contribution in [-0.2, 0) is 17.6 Å². The largest absolute Gasteiger partial charge is 0.493 e. The second-order valence-corrected chi connectivity index (χ2v) is 10.7. The molecule has 210 valence electrons. The Labute approximate surface area is 236 Å². The fourth-order valence-electron chi connectivity index (χ4n) is 6.29. The topological polar surface area (TPSA) is 77.1 Å². The first-order valence-corrected chi connectivity index (χ1v) is 14.0. The van der Waals surface area contributed by atoms with Crippen molar-refractivity contribution in [3.63, 3.8) is 0 Å². The van der Waals surface area contributed by atoms with E-state index < -0.39 is 0 Å². The molecule has 7 heteroatoms. The second kappa shape index (κ2) is 12.0. The summed E-state index contributed by atoms with van der Waals surface area (Å²) in [4.78, 5) is 28.2. The summed E-state index contributed by atoms with van der Waals surface area (Å²) < 4.78 is 17.2. The molecule has 1 amide bonds. The number of carbonyl (C=O) groups excluding carboxylic acids is 1. The molecule has 0 bridgehead atoms. The van der Waals surface area contributed by atoms with Gasteiger partial charge in [-0.05, 0) is 78.5 Å². The van der Waals surface area contributed by atoms with E-state index in [1.54, 1.807) is 27.4 Å². The van der Waals surface area contributed by atoms with E-state index in [0.717, 1.165) is 54.6 Å². The fraction of sp³-hybridized carbons (Fsp3) is 0.394. The predicted octanol–water partition coefficient (Wildman–Crippen LogP) is 5.32. The number of nitrogens with zero attached hydrogens (tertiary/aromatic N) is 1. The summed E-state index contributed by atoms with van der Waals surface area (Å²) in [5, 5.41) is 3.08. The highest BCUT2D eigenvalue weighted by Crippen LogP contribution is 2.50. The molecule has 1 heterocycles. The van der Waals surface area contributed by atoms with Crippen LogP contribution in [0.4, 0.5) is 5.69 Å². The smallest absolute Gasteiger partial charge is 0.217 e. The van der Waals surface area contributed by atoms with E-state index in [1.165, 1.54) is 12.5 Å². The van der Waals surface area contributed by atoms with Crippen LogP contribution in [0.3, 0.4) is 0 Å². The van der Waals surface area contributed by atoms with Gasteiger partial charge in [0.1, 0.15) is 0 Å². The van der Waals surface area contributed by atoms with Crippen molar-refractivity contribution in [1.29, 1.82) is 0 Å². The molecule has 3 aromatic rings. The Morgan fingerprint density at radius 1 is 0.925 bits per heavy atom. The van der Waals surface area contributed by atoms with Crippen molar-refractivity contribution in [2.45, 2.75) is 45.1 Å². The van der Waals surface area contributed by atoms with Crippen molar-refractivity contribution < 1.29 is 19.0 Å². The number of benzene rings is 2. The van der Waals surface area contributed by atoms with Crippen LogP contribution in [0.1, 0.15) is 48.9 Å². The first-order chi connectivity index (χ1) is 19.4. The van der Waals surface area contributed by atoms with Crippen molar-refractivity contribution in [3.8, 4) is 28.4 Å². The lowest BCUT2D eigenvalue weighted by atomic mass is 9.90. The zero-order chi connectivity index (χ0) is 28.2. The Morgan fingerprint density at radius 2 is 1.65 bits per heavy atom. The van der Waals surface area contributed by atoms with Crippen LogP contribution in [0, 0.1) is 5.92 Å². The van der Waals surface area contributed by atoms with Gasteiger partial charge in [0.25, 0.3) is 0 Å². The van der Waals surface area contributed by atoms with E-state index in [2.05, 4.69) is 40.5 Å². The quantitative estimate of drug-likeness (QED) is 0.435. The molecule has 1 atom stereocenters. The zero-order valence-corrected chi connectivity index (χ0v) is 23.8.